The summed E-state index contributed by atoms with van der Waals surface area (Å²) in [5, 5.41) is 4.28. The minimum atomic E-state index is -0.570. The van der Waals surface area contributed by atoms with Gasteiger partial charge in [-0.25, -0.2) is 0 Å². The third-order valence-corrected chi connectivity index (χ3v) is 8.17. The summed E-state index contributed by atoms with van der Waals surface area (Å²) in [7, 11) is 4.04. The van der Waals surface area contributed by atoms with Crippen LogP contribution in [0.5, 0.6) is 0 Å². The molecule has 0 aromatic carbocycles. The van der Waals surface area contributed by atoms with Gasteiger partial charge in [0.25, 0.3) is 0 Å². The van der Waals surface area contributed by atoms with Gasteiger partial charge in [-0.05, 0) is 74.4 Å². The van der Waals surface area contributed by atoms with Crippen LogP contribution < -0.4 is 5.32 Å². The maximum absolute atomic E-state index is 7.75. The summed E-state index contributed by atoms with van der Waals surface area (Å²) in [5.74, 6) is 0. The molecule has 0 aliphatic carbocycles. The van der Waals surface area contributed by atoms with Gasteiger partial charge < -0.3 is 10.1 Å². The summed E-state index contributed by atoms with van der Waals surface area (Å²) >= 11 is 1.62. The Morgan fingerprint density at radius 1 is 0.962 bits per heavy atom. The first kappa shape index (κ1) is 28.3. The van der Waals surface area contributed by atoms with E-state index in [4.69, 9.17) is 9.78 Å². The molecule has 0 aliphatic heterocycles. The number of carbonyl (C=O) groups excluding carboxylic acids is 1. The monoisotopic (exact) mass is 490 g/mol. The Morgan fingerprint density at radius 3 is 1.77 bits per heavy atom. The summed E-state index contributed by atoms with van der Waals surface area (Å²) in [6.45, 7) is 25.0. The fourth-order valence-corrected chi connectivity index (χ4v) is 6.79. The molecule has 0 aliphatic rings. The molecule has 0 saturated heterocycles. The Kier molecular flexibility index (Phi) is 13.7. The maximum atomic E-state index is 7.75. The van der Waals surface area contributed by atoms with Crippen molar-refractivity contribution in [3.63, 3.8) is 0 Å². The van der Waals surface area contributed by atoms with Crippen LogP contribution in [0.4, 0.5) is 0 Å². The fraction of sp³-hybridized carbons (Fsp3) is 0.700. The molecular weight excluding hydrogens is 452 g/mol. The van der Waals surface area contributed by atoms with E-state index in [9.17, 15) is 0 Å². The Balaban J connectivity index is 0. The van der Waals surface area contributed by atoms with Gasteiger partial charge >= 0.3 is 27.0 Å². The van der Waals surface area contributed by atoms with E-state index in [0.29, 0.717) is 10.3 Å². The first-order chi connectivity index (χ1) is 11.8. The van der Waals surface area contributed by atoms with Crippen molar-refractivity contribution in [3.05, 3.63) is 29.6 Å². The van der Waals surface area contributed by atoms with Crippen molar-refractivity contribution in [1.29, 1.82) is 0 Å². The summed E-state index contributed by atoms with van der Waals surface area (Å²) < 4.78 is 0. The van der Waals surface area contributed by atoms with E-state index < -0.39 is 7.92 Å². The van der Waals surface area contributed by atoms with E-state index in [1.807, 2.05) is 0 Å². The van der Waals surface area contributed by atoms with Crippen molar-refractivity contribution in [2.75, 3.05) is 0 Å². The number of rotatable bonds is 4. The van der Waals surface area contributed by atoms with Crippen LogP contribution >= 0.6 is 17.6 Å². The van der Waals surface area contributed by atoms with Crippen molar-refractivity contribution in [3.8, 4) is 0 Å². The second-order valence-corrected chi connectivity index (χ2v) is 13.7. The average Bonchev–Trinajstić information content (AvgIpc) is 2.52. The van der Waals surface area contributed by atoms with Gasteiger partial charge in [0, 0.05) is 20.0 Å². The van der Waals surface area contributed by atoms with Crippen LogP contribution in [0, 0.1) is 0 Å². The molecular formula is C20H38ClN2OPRu+2. The number of hydrogen-bond acceptors (Lipinski definition) is 3. The van der Waals surface area contributed by atoms with Gasteiger partial charge in [-0.1, -0.05) is 6.07 Å². The van der Waals surface area contributed by atoms with E-state index in [1.54, 1.807) is 17.3 Å². The number of nitrogens with one attached hydrogen (secondary N) is 1. The van der Waals surface area contributed by atoms with Crippen molar-refractivity contribution < 1.29 is 22.1 Å². The molecule has 0 fully saturated rings. The third-order valence-electron chi connectivity index (χ3n) is 3.83. The van der Waals surface area contributed by atoms with Crippen LogP contribution in [-0.2, 0) is 34.8 Å². The van der Waals surface area contributed by atoms with Crippen LogP contribution in [-0.4, -0.2) is 27.6 Å². The molecule has 0 amide bonds. The average molecular weight is 490 g/mol. The predicted molar refractivity (Wildman–Crippen MR) is 116 cm³/mol. The Bertz CT molecular complexity index is 494. The van der Waals surface area contributed by atoms with E-state index in [-0.39, 0.29) is 5.54 Å². The zero-order valence-corrected chi connectivity index (χ0v) is 21.4. The van der Waals surface area contributed by atoms with Gasteiger partial charge in [-0.2, -0.15) is 0 Å². The van der Waals surface area contributed by atoms with Gasteiger partial charge in [-0.3, -0.25) is 11.8 Å². The van der Waals surface area contributed by atoms with Crippen LogP contribution in [0.3, 0.4) is 0 Å². The fourth-order valence-electron chi connectivity index (χ4n) is 2.92. The van der Waals surface area contributed by atoms with Crippen LogP contribution in [0.15, 0.2) is 18.2 Å². The van der Waals surface area contributed by atoms with Gasteiger partial charge in [0.2, 0.25) is 0 Å². The molecule has 0 radical (unpaired) electrons. The third kappa shape index (κ3) is 12.5. The normalized spacial score (nSPS) is 12.0. The summed E-state index contributed by atoms with van der Waals surface area (Å²) in [5.41, 5.74) is 2.53. The molecule has 6 heteroatoms. The van der Waals surface area contributed by atoms with E-state index in [2.05, 4.69) is 102 Å². The topological polar surface area (TPSA) is 42.0 Å². The molecule has 1 N–H and O–H groups in total. The molecule has 1 rings (SSSR count). The molecule has 1 aromatic rings. The predicted octanol–water partition coefficient (Wildman–Crippen LogP) is 5.43. The molecule has 0 bridgehead atoms. The molecule has 3 nitrogen and oxygen atoms in total. The van der Waals surface area contributed by atoms with Crippen molar-refractivity contribution in [1.82, 2.24) is 10.3 Å². The summed E-state index contributed by atoms with van der Waals surface area (Å²) in [6, 6.07) is 6.48. The Labute approximate surface area is 176 Å². The molecule has 0 atom stereocenters. The number of pyridine rings is 1. The van der Waals surface area contributed by atoms with Crippen LogP contribution in [0.1, 0.15) is 73.7 Å². The quantitative estimate of drug-likeness (QED) is 0.265. The van der Waals surface area contributed by atoms with Crippen LogP contribution in [0.2, 0.25) is 0 Å². The van der Waals surface area contributed by atoms with Crippen molar-refractivity contribution >= 4 is 24.4 Å². The van der Waals surface area contributed by atoms with E-state index >= 15 is 0 Å². The number of aromatic nitrogens is 1. The van der Waals surface area contributed by atoms with Crippen molar-refractivity contribution in [2.45, 2.75) is 90.9 Å². The SMILES string of the molecule is CC(C)(C)NCc1cccc(C[PH+](C(C)(C)C)C(C)(C)C)n1.[CH-]=O.[Cl][RuH+2]. The van der Waals surface area contributed by atoms with Crippen LogP contribution in [0.25, 0.3) is 0 Å². The summed E-state index contributed by atoms with van der Waals surface area (Å²) in [4.78, 5) is 12.7. The molecule has 0 unspecified atom stereocenters. The minimum absolute atomic E-state index is 0.128. The molecule has 152 valence electrons. The van der Waals surface area contributed by atoms with Gasteiger partial charge in [-0.15, -0.1) is 0 Å². The Morgan fingerprint density at radius 2 is 1.38 bits per heavy atom. The molecule has 0 spiro atoms. The molecule has 1 heterocycles. The van der Waals surface area contributed by atoms with Gasteiger partial charge in [0.05, 0.1) is 27.9 Å². The van der Waals surface area contributed by atoms with E-state index in [0.717, 1.165) is 18.4 Å². The van der Waals surface area contributed by atoms with E-state index in [1.165, 1.54) is 5.69 Å². The number of nitrogens with zero attached hydrogens (tertiary/aromatic N) is 1. The Hall–Kier alpha value is 0.123. The first-order valence-corrected chi connectivity index (χ1v) is 12.8. The second-order valence-electron chi connectivity index (χ2n) is 9.38. The number of hydrogen-bond donors (Lipinski definition) is 1. The molecule has 1 aromatic heterocycles. The molecule has 26 heavy (non-hydrogen) atoms. The zero-order valence-electron chi connectivity index (χ0n) is 17.8. The summed E-state index contributed by atoms with van der Waals surface area (Å²) in [6.07, 6.45) is 1.14. The van der Waals surface area contributed by atoms with Crippen molar-refractivity contribution in [2.24, 2.45) is 0 Å². The second kappa shape index (κ2) is 12.6. The zero-order chi connectivity index (χ0) is 21.2. The van der Waals surface area contributed by atoms with Gasteiger partial charge in [0.1, 0.15) is 0 Å². The number of halogens is 1. The first-order valence-electron chi connectivity index (χ1n) is 8.73. The standard InChI is InChI=1S/C19H35N2P.CHO.ClH.Ru.H/c1-17(2,3)20-13-15-11-10-12-16(21-15)14-22(18(4,5)6)19(7,8)9;1-2;;;/h10-12,20H,13-14H2,1-9H3;1H;1H;;/q;-1;;+3;. The van der Waals surface area contributed by atoms with Gasteiger partial charge in [0.15, 0.2) is 0 Å². The molecule has 0 saturated carbocycles.